The summed E-state index contributed by atoms with van der Waals surface area (Å²) in [7, 11) is -3.71. The number of morpholine rings is 1. The second kappa shape index (κ2) is 8.55. The number of carbonyl (C=O) groups is 1. The van der Waals surface area contributed by atoms with Gasteiger partial charge in [-0.15, -0.1) is 0 Å². The molecule has 2 aromatic rings. The van der Waals surface area contributed by atoms with Crippen molar-refractivity contribution in [3.63, 3.8) is 0 Å². The number of sulfonamides is 1. The maximum atomic E-state index is 13.0. The highest BCUT2D eigenvalue weighted by atomic mass is 79.9. The normalized spacial score (nSPS) is 17.6. The first-order valence-corrected chi connectivity index (χ1v) is 12.0. The van der Waals surface area contributed by atoms with Crippen LogP contribution in [-0.2, 0) is 27.6 Å². The molecule has 6 nitrogen and oxygen atoms in total. The minimum Gasteiger partial charge on any atom is -0.379 e. The van der Waals surface area contributed by atoms with Gasteiger partial charge in [0.05, 0.1) is 18.1 Å². The van der Waals surface area contributed by atoms with Gasteiger partial charge < -0.3 is 10.1 Å². The monoisotopic (exact) mass is 478 g/mol. The van der Waals surface area contributed by atoms with E-state index >= 15 is 0 Å². The number of hydrogen-bond donors (Lipinski definition) is 1. The molecule has 1 amide bonds. The fraction of sp³-hybridized carbons (Fsp3) is 0.381. The quantitative estimate of drug-likeness (QED) is 0.727. The standard InChI is InChI=1S/C21H23BrN2O4S/c22-18-9-8-16(14-20(18)29(26,27)24-10-12-28-13-11-24)21(25)23-19-7-3-5-15-4-1-2-6-17(15)19/h3,5,7-9,14H,1-2,4,6,10-13H2,(H,23,25). The Morgan fingerprint density at radius 2 is 1.83 bits per heavy atom. The minimum absolute atomic E-state index is 0.0992. The molecule has 1 heterocycles. The van der Waals surface area contributed by atoms with Crippen LogP contribution in [0.1, 0.15) is 34.3 Å². The van der Waals surface area contributed by atoms with Crippen LogP contribution in [0.25, 0.3) is 0 Å². The number of ether oxygens (including phenoxy) is 1. The van der Waals surface area contributed by atoms with Gasteiger partial charge in [-0.05, 0) is 77.0 Å². The number of benzene rings is 2. The maximum Gasteiger partial charge on any atom is 0.255 e. The van der Waals surface area contributed by atoms with Crippen molar-refractivity contribution in [1.29, 1.82) is 0 Å². The molecule has 29 heavy (non-hydrogen) atoms. The number of halogens is 1. The molecular weight excluding hydrogens is 456 g/mol. The fourth-order valence-corrected chi connectivity index (χ4v) is 6.22. The number of hydrogen-bond acceptors (Lipinski definition) is 4. The maximum absolute atomic E-state index is 13.0. The zero-order valence-electron chi connectivity index (χ0n) is 16.0. The third-order valence-electron chi connectivity index (χ3n) is 5.43. The second-order valence-electron chi connectivity index (χ2n) is 7.27. The third kappa shape index (κ3) is 4.26. The summed E-state index contributed by atoms with van der Waals surface area (Å²) in [5.74, 6) is -0.310. The number of amides is 1. The molecule has 1 saturated heterocycles. The van der Waals surface area contributed by atoms with E-state index in [9.17, 15) is 13.2 Å². The van der Waals surface area contributed by atoms with Crippen LogP contribution in [0.2, 0.25) is 0 Å². The van der Waals surface area contributed by atoms with Gasteiger partial charge in [0.1, 0.15) is 0 Å². The molecule has 0 bridgehead atoms. The summed E-state index contributed by atoms with van der Waals surface area (Å²) in [5, 5.41) is 2.98. The van der Waals surface area contributed by atoms with E-state index in [1.807, 2.05) is 12.1 Å². The largest absolute Gasteiger partial charge is 0.379 e. The summed E-state index contributed by atoms with van der Waals surface area (Å²) < 4.78 is 33.2. The number of nitrogens with zero attached hydrogens (tertiary/aromatic N) is 1. The van der Waals surface area contributed by atoms with Crippen LogP contribution < -0.4 is 5.32 Å². The molecule has 0 unspecified atom stereocenters. The smallest absolute Gasteiger partial charge is 0.255 e. The summed E-state index contributed by atoms with van der Waals surface area (Å²) in [4.78, 5) is 13.0. The van der Waals surface area contributed by atoms with Gasteiger partial charge in [-0.25, -0.2) is 8.42 Å². The highest BCUT2D eigenvalue weighted by molar-refractivity contribution is 9.10. The van der Waals surface area contributed by atoms with Gasteiger partial charge in [0.2, 0.25) is 10.0 Å². The Morgan fingerprint density at radius 3 is 2.62 bits per heavy atom. The Hall–Kier alpha value is -1.74. The van der Waals surface area contributed by atoms with Crippen LogP contribution in [0.5, 0.6) is 0 Å². The molecule has 2 aliphatic rings. The summed E-state index contributed by atoms with van der Waals surface area (Å²) in [6, 6.07) is 10.7. The third-order valence-corrected chi connectivity index (χ3v) is 8.32. The first-order valence-electron chi connectivity index (χ1n) is 9.76. The highest BCUT2D eigenvalue weighted by Crippen LogP contribution is 2.30. The van der Waals surface area contributed by atoms with E-state index in [0.29, 0.717) is 36.3 Å². The Labute approximate surface area is 179 Å². The molecule has 0 saturated carbocycles. The molecule has 0 aromatic heterocycles. The van der Waals surface area contributed by atoms with Crippen LogP contribution in [0.4, 0.5) is 5.69 Å². The van der Waals surface area contributed by atoms with E-state index in [4.69, 9.17) is 4.74 Å². The van der Waals surface area contributed by atoms with Crippen LogP contribution >= 0.6 is 15.9 Å². The van der Waals surface area contributed by atoms with Crippen molar-refractivity contribution >= 4 is 37.5 Å². The molecule has 4 rings (SSSR count). The molecule has 1 aliphatic carbocycles. The molecule has 1 fully saturated rings. The van der Waals surface area contributed by atoms with Crippen molar-refractivity contribution in [2.24, 2.45) is 0 Å². The average Bonchev–Trinajstić information content (AvgIpc) is 2.75. The molecule has 0 atom stereocenters. The number of nitrogens with one attached hydrogen (secondary N) is 1. The van der Waals surface area contributed by atoms with Gasteiger partial charge in [-0.1, -0.05) is 12.1 Å². The zero-order valence-corrected chi connectivity index (χ0v) is 18.4. The van der Waals surface area contributed by atoms with E-state index in [1.165, 1.54) is 27.9 Å². The summed E-state index contributed by atoms with van der Waals surface area (Å²) in [6.07, 6.45) is 4.25. The molecule has 0 radical (unpaired) electrons. The predicted molar refractivity (Wildman–Crippen MR) is 115 cm³/mol. The van der Waals surface area contributed by atoms with Gasteiger partial charge in [0.25, 0.3) is 5.91 Å². The number of carbonyl (C=O) groups excluding carboxylic acids is 1. The molecule has 8 heteroatoms. The van der Waals surface area contributed by atoms with E-state index < -0.39 is 10.0 Å². The molecule has 2 aromatic carbocycles. The van der Waals surface area contributed by atoms with Crippen molar-refractivity contribution in [2.45, 2.75) is 30.6 Å². The van der Waals surface area contributed by atoms with Gasteiger partial charge >= 0.3 is 0 Å². The van der Waals surface area contributed by atoms with Crippen molar-refractivity contribution in [1.82, 2.24) is 4.31 Å². The Morgan fingerprint density at radius 1 is 1.07 bits per heavy atom. The molecule has 154 valence electrons. The van der Waals surface area contributed by atoms with Crippen molar-refractivity contribution in [2.75, 3.05) is 31.6 Å². The number of fused-ring (bicyclic) bond motifs is 1. The second-order valence-corrected chi connectivity index (χ2v) is 10.0. The number of anilines is 1. The first kappa shape index (κ1) is 20.5. The van der Waals surface area contributed by atoms with Gasteiger partial charge in [0.15, 0.2) is 0 Å². The van der Waals surface area contributed by atoms with E-state index in [-0.39, 0.29) is 10.8 Å². The lowest BCUT2D eigenvalue weighted by atomic mass is 9.90. The molecular formula is C21H23BrN2O4S. The fourth-order valence-electron chi connectivity index (χ4n) is 3.86. The van der Waals surface area contributed by atoms with Crippen LogP contribution in [0.15, 0.2) is 45.8 Å². The lowest BCUT2D eigenvalue weighted by Crippen LogP contribution is -2.40. The van der Waals surface area contributed by atoms with Gasteiger partial charge in [0, 0.05) is 28.8 Å². The SMILES string of the molecule is O=C(Nc1cccc2c1CCCC2)c1ccc(Br)c(S(=O)(=O)N2CCOCC2)c1. The van der Waals surface area contributed by atoms with E-state index in [2.05, 4.69) is 27.3 Å². The first-order chi connectivity index (χ1) is 14.0. The Bertz CT molecular complexity index is 1030. The number of rotatable bonds is 4. The summed E-state index contributed by atoms with van der Waals surface area (Å²) in [6.45, 7) is 1.36. The van der Waals surface area contributed by atoms with Crippen molar-refractivity contribution in [3.05, 3.63) is 57.6 Å². The predicted octanol–water partition coefficient (Wildman–Crippen LogP) is 3.60. The lowest BCUT2D eigenvalue weighted by Gasteiger charge is -2.26. The average molecular weight is 479 g/mol. The lowest BCUT2D eigenvalue weighted by molar-refractivity contribution is 0.0730. The molecule has 1 aliphatic heterocycles. The molecule has 1 N–H and O–H groups in total. The van der Waals surface area contributed by atoms with Crippen molar-refractivity contribution in [3.8, 4) is 0 Å². The number of aryl methyl sites for hydroxylation is 1. The Kier molecular flexibility index (Phi) is 6.06. The van der Waals surface area contributed by atoms with E-state index in [1.54, 1.807) is 12.1 Å². The van der Waals surface area contributed by atoms with Gasteiger partial charge in [-0.3, -0.25) is 4.79 Å². The summed E-state index contributed by atoms with van der Waals surface area (Å²) >= 11 is 3.33. The topological polar surface area (TPSA) is 75.7 Å². The van der Waals surface area contributed by atoms with Crippen LogP contribution in [0.3, 0.4) is 0 Å². The summed E-state index contributed by atoms with van der Waals surface area (Å²) in [5.41, 5.74) is 3.59. The van der Waals surface area contributed by atoms with Crippen molar-refractivity contribution < 1.29 is 17.9 Å². The zero-order chi connectivity index (χ0) is 20.4. The molecule has 0 spiro atoms. The van der Waals surface area contributed by atoms with Crippen LogP contribution in [-0.4, -0.2) is 44.9 Å². The Balaban J connectivity index is 1.61. The van der Waals surface area contributed by atoms with Gasteiger partial charge in [-0.2, -0.15) is 4.31 Å². The van der Waals surface area contributed by atoms with Crippen LogP contribution in [0, 0.1) is 0 Å². The minimum atomic E-state index is -3.71. The highest BCUT2D eigenvalue weighted by Gasteiger charge is 2.29. The van der Waals surface area contributed by atoms with E-state index in [0.717, 1.165) is 24.9 Å².